The zero-order valence-electron chi connectivity index (χ0n) is 7.68. The van der Waals surface area contributed by atoms with Crippen LogP contribution in [0.25, 0.3) is 11.1 Å². The molecule has 0 saturated heterocycles. The number of fused-ring (bicyclic) bond motifs is 1. The minimum atomic E-state index is -0.427. The highest BCUT2D eigenvalue weighted by Crippen LogP contribution is 2.32. The lowest BCUT2D eigenvalue weighted by atomic mass is 10.3. The summed E-state index contributed by atoms with van der Waals surface area (Å²) in [7, 11) is 0. The number of aldehydes is 1. The molecule has 0 unspecified atom stereocenters. The third-order valence-corrected chi connectivity index (χ3v) is 1.78. The Morgan fingerprint density at radius 3 is 2.29 bits per heavy atom. The number of rotatable bonds is 4. The molecule has 2 aliphatic carbocycles. The zero-order valence-corrected chi connectivity index (χ0v) is 7.68. The molecule has 0 N–H and O–H groups in total. The van der Waals surface area contributed by atoms with Gasteiger partial charge in [0.2, 0.25) is 6.54 Å². The largest absolute Gasteiger partial charge is 0.303 e. The fourth-order valence-electron chi connectivity index (χ4n) is 0.979. The monoisotopic (exact) mass is 193 g/mol. The summed E-state index contributed by atoms with van der Waals surface area (Å²) in [4.78, 5) is 18.7. The summed E-state index contributed by atoms with van der Waals surface area (Å²) in [6, 6.07) is 8.48. The summed E-state index contributed by atoms with van der Waals surface area (Å²) in [6.45, 7) is -0.0985. The zero-order chi connectivity index (χ0) is 10.4. The van der Waals surface area contributed by atoms with Crippen LogP contribution >= 0.6 is 0 Å². The molecule has 0 bridgehead atoms. The van der Waals surface area contributed by atoms with Crippen molar-refractivity contribution in [1.29, 1.82) is 0 Å². The molecule has 2 aliphatic rings. The fourth-order valence-corrected chi connectivity index (χ4v) is 0.979. The Morgan fingerprint density at radius 2 is 2.00 bits per heavy atom. The Labute approximate surface area is 81.7 Å². The van der Waals surface area contributed by atoms with E-state index < -0.39 is 4.92 Å². The molecule has 0 aromatic carbocycles. The van der Waals surface area contributed by atoms with E-state index in [1.165, 1.54) is 11.1 Å². The average Bonchev–Trinajstić information content (AvgIpc) is 2.75. The fraction of sp³-hybridized carbons (Fsp3) is 0.300. The van der Waals surface area contributed by atoms with E-state index in [2.05, 4.69) is 24.3 Å². The van der Waals surface area contributed by atoms with Crippen molar-refractivity contribution >= 4 is 6.29 Å². The first-order chi connectivity index (χ1) is 6.74. The summed E-state index contributed by atoms with van der Waals surface area (Å²) >= 11 is 0. The lowest BCUT2D eigenvalue weighted by molar-refractivity contribution is -0.480. The van der Waals surface area contributed by atoms with Crippen molar-refractivity contribution in [2.75, 3.05) is 6.54 Å². The van der Waals surface area contributed by atoms with Gasteiger partial charge >= 0.3 is 0 Å². The van der Waals surface area contributed by atoms with Gasteiger partial charge in [-0.2, -0.15) is 0 Å². The van der Waals surface area contributed by atoms with Gasteiger partial charge in [-0.1, -0.05) is 18.2 Å². The Balaban J connectivity index is 0.000000143. The second-order valence-corrected chi connectivity index (χ2v) is 2.95. The number of carbonyl (C=O) groups excluding carboxylic acids is 1. The molecule has 14 heavy (non-hydrogen) atoms. The van der Waals surface area contributed by atoms with E-state index in [-0.39, 0.29) is 6.54 Å². The molecule has 0 spiro atoms. The molecule has 0 heterocycles. The molecule has 0 atom stereocenters. The van der Waals surface area contributed by atoms with Crippen LogP contribution in [0.1, 0.15) is 12.8 Å². The molecule has 0 aromatic heterocycles. The van der Waals surface area contributed by atoms with Gasteiger partial charge in [-0.05, 0) is 17.2 Å². The van der Waals surface area contributed by atoms with Crippen molar-refractivity contribution in [3.05, 3.63) is 34.4 Å². The molecule has 4 nitrogen and oxygen atoms in total. The maximum absolute atomic E-state index is 9.56. The normalized spacial score (nSPS) is 9.71. The molecule has 0 aliphatic heterocycles. The number of nitro groups is 1. The molecule has 0 amide bonds. The van der Waals surface area contributed by atoms with Gasteiger partial charge in [0.1, 0.15) is 6.29 Å². The van der Waals surface area contributed by atoms with Crippen molar-refractivity contribution in [2.45, 2.75) is 12.8 Å². The standard InChI is InChI=1S/C6H4.C4H7NO3/c1-2-5-4-6(5)3-1;6-4-2-1-3-5(7)8/h1-4H;4H,1-3H2. The Kier molecular flexibility index (Phi) is 3.79. The summed E-state index contributed by atoms with van der Waals surface area (Å²) in [5.74, 6) is 0. The number of unbranched alkanes of at least 4 members (excludes halogenated alkanes) is 1. The molecule has 0 radical (unpaired) electrons. The third-order valence-electron chi connectivity index (χ3n) is 1.78. The lowest BCUT2D eigenvalue weighted by Gasteiger charge is -1.84. The van der Waals surface area contributed by atoms with Gasteiger partial charge in [0.25, 0.3) is 0 Å². The highest BCUT2D eigenvalue weighted by atomic mass is 16.6. The highest BCUT2D eigenvalue weighted by molar-refractivity contribution is 5.80. The van der Waals surface area contributed by atoms with Crippen LogP contribution in [-0.2, 0) is 4.79 Å². The number of benzene rings is 1. The summed E-state index contributed by atoms with van der Waals surface area (Å²) in [6.07, 6.45) is 1.33. The lowest BCUT2D eigenvalue weighted by Crippen LogP contribution is -1.99. The first-order valence-corrected chi connectivity index (χ1v) is 4.40. The highest BCUT2D eigenvalue weighted by Gasteiger charge is 2.06. The second-order valence-electron chi connectivity index (χ2n) is 2.95. The predicted octanol–water partition coefficient (Wildman–Crippen LogP) is 1.91. The number of carbonyl (C=O) groups is 1. The van der Waals surface area contributed by atoms with E-state index in [1.807, 2.05) is 0 Å². The molecule has 74 valence electrons. The van der Waals surface area contributed by atoms with Crippen LogP contribution in [0.4, 0.5) is 0 Å². The molecule has 4 heteroatoms. The maximum atomic E-state index is 9.56. The van der Waals surface area contributed by atoms with Crippen molar-refractivity contribution < 1.29 is 9.72 Å². The van der Waals surface area contributed by atoms with E-state index in [1.54, 1.807) is 0 Å². The smallest absolute Gasteiger partial charge is 0.204 e. The van der Waals surface area contributed by atoms with E-state index in [4.69, 9.17) is 0 Å². The average molecular weight is 193 g/mol. The molecule has 0 saturated carbocycles. The van der Waals surface area contributed by atoms with Gasteiger partial charge in [0.05, 0.1) is 0 Å². The van der Waals surface area contributed by atoms with E-state index in [0.717, 1.165) is 0 Å². The van der Waals surface area contributed by atoms with Crippen LogP contribution in [0.5, 0.6) is 0 Å². The quantitative estimate of drug-likeness (QED) is 0.322. The summed E-state index contributed by atoms with van der Waals surface area (Å²) in [5.41, 5.74) is 2.85. The van der Waals surface area contributed by atoms with Crippen LogP contribution in [0.2, 0.25) is 0 Å². The van der Waals surface area contributed by atoms with Gasteiger partial charge in [0.15, 0.2) is 0 Å². The topological polar surface area (TPSA) is 60.2 Å². The van der Waals surface area contributed by atoms with Crippen molar-refractivity contribution in [3.63, 3.8) is 0 Å². The minimum Gasteiger partial charge on any atom is -0.303 e. The number of hydrogen-bond acceptors (Lipinski definition) is 3. The Morgan fingerprint density at radius 1 is 1.36 bits per heavy atom. The van der Waals surface area contributed by atoms with Crippen LogP contribution in [0.15, 0.2) is 24.3 Å². The summed E-state index contributed by atoms with van der Waals surface area (Å²) in [5, 5.41) is 9.56. The molecule has 0 aromatic rings. The van der Waals surface area contributed by atoms with Crippen molar-refractivity contribution in [1.82, 2.24) is 0 Å². The first-order valence-electron chi connectivity index (χ1n) is 4.40. The van der Waals surface area contributed by atoms with Gasteiger partial charge in [0, 0.05) is 17.8 Å². The Hall–Kier alpha value is -1.71. The van der Waals surface area contributed by atoms with E-state index in [0.29, 0.717) is 19.1 Å². The van der Waals surface area contributed by atoms with Crippen LogP contribution in [-0.4, -0.2) is 17.8 Å². The predicted molar refractivity (Wildman–Crippen MR) is 52.6 cm³/mol. The Bertz CT molecular complexity index is 319. The van der Waals surface area contributed by atoms with Crippen LogP contribution < -0.4 is 0 Å². The molecule has 0 fully saturated rings. The van der Waals surface area contributed by atoms with E-state index in [9.17, 15) is 14.9 Å². The maximum Gasteiger partial charge on any atom is 0.204 e. The minimum absolute atomic E-state index is 0.0985. The molecular weight excluding hydrogens is 182 g/mol. The van der Waals surface area contributed by atoms with Crippen LogP contribution in [0, 0.1) is 10.1 Å². The van der Waals surface area contributed by atoms with Gasteiger partial charge in [-0.25, -0.2) is 0 Å². The van der Waals surface area contributed by atoms with E-state index >= 15 is 0 Å². The van der Waals surface area contributed by atoms with Gasteiger partial charge in [-0.3, -0.25) is 10.1 Å². The number of nitrogens with zero attached hydrogens (tertiary/aromatic N) is 1. The van der Waals surface area contributed by atoms with Crippen LogP contribution in [0.3, 0.4) is 0 Å². The summed E-state index contributed by atoms with van der Waals surface area (Å²) < 4.78 is 0. The van der Waals surface area contributed by atoms with Crippen molar-refractivity contribution in [3.8, 4) is 11.1 Å². The second kappa shape index (κ2) is 5.11. The van der Waals surface area contributed by atoms with Crippen molar-refractivity contribution in [2.24, 2.45) is 0 Å². The number of hydrogen-bond donors (Lipinski definition) is 0. The van der Waals surface area contributed by atoms with Gasteiger partial charge < -0.3 is 4.79 Å². The molecule has 2 rings (SSSR count). The first kappa shape index (κ1) is 10.4. The molecular formula is C10H11NO3. The third kappa shape index (κ3) is 3.80. The van der Waals surface area contributed by atoms with Gasteiger partial charge in [-0.15, -0.1) is 0 Å². The SMILES string of the molecule is O=CCCC[N+](=O)[O-].c1cc2cc-2c1.